The number of aromatic nitrogens is 2. The molecule has 4 nitrogen and oxygen atoms in total. The van der Waals surface area contributed by atoms with Crippen LogP contribution in [0.1, 0.15) is 46.1 Å². The highest BCUT2D eigenvalue weighted by atomic mass is 35.5. The van der Waals surface area contributed by atoms with E-state index in [0.29, 0.717) is 5.02 Å². The Morgan fingerprint density at radius 1 is 1.27 bits per heavy atom. The topological polar surface area (TPSA) is 44.1 Å². The molecule has 2 aromatic rings. The van der Waals surface area contributed by atoms with E-state index >= 15 is 0 Å². The van der Waals surface area contributed by atoms with Gasteiger partial charge in [-0.3, -0.25) is 4.79 Å². The van der Waals surface area contributed by atoms with Crippen molar-refractivity contribution >= 4 is 17.6 Å². The largest absolute Gasteiger partial charge is 0.469 e. The molecule has 122 valence electrons. The monoisotopic (exact) mass is 324 g/mol. The van der Waals surface area contributed by atoms with Crippen molar-refractivity contribution in [1.82, 2.24) is 9.78 Å². The molecular weight excluding hydrogens is 300 g/mol. The summed E-state index contributed by atoms with van der Waals surface area (Å²) in [6.45, 7) is 9.78. The molecule has 0 bridgehead atoms. The minimum Gasteiger partial charge on any atom is -0.469 e. The summed E-state index contributed by atoms with van der Waals surface area (Å²) in [5.41, 5.74) is 1.66. The van der Waals surface area contributed by atoms with E-state index in [1.165, 1.54) is 7.11 Å². The fraction of sp³-hybridized carbons (Fsp3) is 0.412. The first-order valence-electron chi connectivity index (χ1n) is 7.50. The van der Waals surface area contributed by atoms with Gasteiger partial charge in [-0.1, -0.05) is 45.4 Å². The molecule has 0 saturated heterocycles. The van der Waals surface area contributed by atoms with Crippen molar-refractivity contribution in [1.29, 1.82) is 0 Å². The fourth-order valence-corrected chi connectivity index (χ4v) is 1.82. The Balaban J connectivity index is 0.00000102. The highest BCUT2D eigenvalue weighted by molar-refractivity contribution is 6.30. The third-order valence-corrected chi connectivity index (χ3v) is 2.97. The number of hydrogen-bond acceptors (Lipinski definition) is 3. The van der Waals surface area contributed by atoms with Gasteiger partial charge in [-0.25, -0.2) is 4.68 Å². The molecule has 0 spiro atoms. The Hall–Kier alpha value is -1.81. The van der Waals surface area contributed by atoms with Crippen molar-refractivity contribution in [2.24, 2.45) is 0 Å². The Morgan fingerprint density at radius 2 is 1.91 bits per heavy atom. The van der Waals surface area contributed by atoms with Crippen LogP contribution in [-0.4, -0.2) is 22.9 Å². The number of rotatable bonds is 3. The van der Waals surface area contributed by atoms with Crippen LogP contribution in [0.3, 0.4) is 0 Å². The lowest BCUT2D eigenvalue weighted by molar-refractivity contribution is -0.141. The van der Waals surface area contributed by atoms with Crippen LogP contribution in [0.4, 0.5) is 0 Å². The van der Waals surface area contributed by atoms with Crippen LogP contribution in [0.2, 0.25) is 5.02 Å². The summed E-state index contributed by atoms with van der Waals surface area (Å²) in [5, 5.41) is 4.86. The number of methoxy groups -OCH3 is 1. The van der Waals surface area contributed by atoms with E-state index in [0.717, 1.165) is 11.3 Å². The first kappa shape index (κ1) is 20.2. The molecule has 22 heavy (non-hydrogen) atoms. The van der Waals surface area contributed by atoms with Gasteiger partial charge in [0.2, 0.25) is 0 Å². The normalized spacial score (nSPS) is 10.5. The van der Waals surface area contributed by atoms with E-state index in [-0.39, 0.29) is 11.9 Å². The molecule has 0 N–H and O–H groups in total. The Bertz CT molecular complexity index is 567. The summed E-state index contributed by atoms with van der Waals surface area (Å²) >= 11 is 5.92. The van der Waals surface area contributed by atoms with Gasteiger partial charge in [0, 0.05) is 16.8 Å². The zero-order chi connectivity index (χ0) is 17.1. The standard InChI is InChI=1S/C13H13ClN2O2.2C2H6/c1-9(13(17)18-2)10-7-15-16(8-10)12-5-3-4-11(14)6-12;2*1-2/h3-9H,1-2H3;2*1-2H3. The Morgan fingerprint density at radius 3 is 2.45 bits per heavy atom. The zero-order valence-corrected chi connectivity index (χ0v) is 14.9. The molecule has 0 fully saturated rings. The summed E-state index contributed by atoms with van der Waals surface area (Å²) < 4.78 is 6.38. The van der Waals surface area contributed by atoms with Gasteiger partial charge < -0.3 is 4.74 Å². The number of halogens is 1. The number of ether oxygens (including phenoxy) is 1. The Kier molecular flexibility index (Phi) is 9.96. The average Bonchev–Trinajstić information content (AvgIpc) is 3.07. The Labute approximate surface area is 138 Å². The minimum absolute atomic E-state index is 0.277. The van der Waals surface area contributed by atoms with Crippen LogP contribution in [0.25, 0.3) is 5.69 Å². The van der Waals surface area contributed by atoms with Crippen LogP contribution in [0, 0.1) is 0 Å². The van der Waals surface area contributed by atoms with Crippen molar-refractivity contribution in [3.63, 3.8) is 0 Å². The molecule has 1 aromatic carbocycles. The van der Waals surface area contributed by atoms with E-state index in [9.17, 15) is 4.79 Å². The maximum absolute atomic E-state index is 11.4. The molecule has 1 heterocycles. The number of esters is 1. The second kappa shape index (κ2) is 10.9. The third kappa shape index (κ3) is 5.53. The molecule has 1 aromatic heterocycles. The summed E-state index contributed by atoms with van der Waals surface area (Å²) in [6.07, 6.45) is 3.45. The fourth-order valence-electron chi connectivity index (χ4n) is 1.63. The first-order chi connectivity index (χ1) is 10.6. The van der Waals surface area contributed by atoms with Gasteiger partial charge in [0.1, 0.15) is 0 Å². The number of benzene rings is 1. The SMILES string of the molecule is CC.CC.COC(=O)C(C)c1cnn(-c2cccc(Cl)c2)c1. The molecule has 1 unspecified atom stereocenters. The summed E-state index contributed by atoms with van der Waals surface area (Å²) in [4.78, 5) is 11.4. The van der Waals surface area contributed by atoms with Crippen molar-refractivity contribution in [2.45, 2.75) is 40.5 Å². The average molecular weight is 325 g/mol. The lowest BCUT2D eigenvalue weighted by Crippen LogP contribution is -2.09. The second-order valence-electron chi connectivity index (χ2n) is 3.94. The first-order valence-corrected chi connectivity index (χ1v) is 7.88. The maximum Gasteiger partial charge on any atom is 0.312 e. The second-order valence-corrected chi connectivity index (χ2v) is 4.38. The van der Waals surface area contributed by atoms with Crippen molar-refractivity contribution < 1.29 is 9.53 Å². The zero-order valence-electron chi connectivity index (χ0n) is 14.1. The van der Waals surface area contributed by atoms with Gasteiger partial charge >= 0.3 is 5.97 Å². The van der Waals surface area contributed by atoms with E-state index < -0.39 is 0 Å². The quantitative estimate of drug-likeness (QED) is 0.758. The smallest absolute Gasteiger partial charge is 0.312 e. The molecule has 0 amide bonds. The summed E-state index contributed by atoms with van der Waals surface area (Å²) in [7, 11) is 1.38. The molecule has 5 heteroatoms. The molecule has 1 atom stereocenters. The molecule has 0 aliphatic rings. The summed E-state index contributed by atoms with van der Waals surface area (Å²) in [6, 6.07) is 7.35. The lowest BCUT2D eigenvalue weighted by Gasteiger charge is -2.05. The highest BCUT2D eigenvalue weighted by Gasteiger charge is 2.17. The molecule has 0 saturated carbocycles. The van der Waals surface area contributed by atoms with Crippen LogP contribution >= 0.6 is 11.6 Å². The molecule has 2 rings (SSSR count). The predicted molar refractivity (Wildman–Crippen MR) is 91.7 cm³/mol. The predicted octanol–water partition coefficient (Wildman–Crippen LogP) is 4.85. The molecular formula is C17H25ClN2O2. The van der Waals surface area contributed by atoms with Gasteiger partial charge in [-0.2, -0.15) is 5.10 Å². The van der Waals surface area contributed by atoms with Gasteiger partial charge in [-0.15, -0.1) is 0 Å². The van der Waals surface area contributed by atoms with Gasteiger partial charge in [-0.05, 0) is 25.1 Å². The van der Waals surface area contributed by atoms with Crippen LogP contribution < -0.4 is 0 Å². The van der Waals surface area contributed by atoms with E-state index in [1.54, 1.807) is 36.1 Å². The molecule has 0 radical (unpaired) electrons. The van der Waals surface area contributed by atoms with Gasteiger partial charge in [0.25, 0.3) is 0 Å². The third-order valence-electron chi connectivity index (χ3n) is 2.73. The van der Waals surface area contributed by atoms with Crippen LogP contribution in [0.5, 0.6) is 0 Å². The number of carbonyl (C=O) groups is 1. The molecule has 0 aliphatic carbocycles. The number of nitrogens with zero attached hydrogens (tertiary/aromatic N) is 2. The minimum atomic E-state index is -0.331. The van der Waals surface area contributed by atoms with Gasteiger partial charge in [0.15, 0.2) is 0 Å². The van der Waals surface area contributed by atoms with Crippen molar-refractivity contribution in [2.75, 3.05) is 7.11 Å². The molecule has 0 aliphatic heterocycles. The maximum atomic E-state index is 11.4. The summed E-state index contributed by atoms with van der Waals surface area (Å²) in [5.74, 6) is -0.608. The highest BCUT2D eigenvalue weighted by Crippen LogP contribution is 2.19. The van der Waals surface area contributed by atoms with Crippen LogP contribution in [0.15, 0.2) is 36.7 Å². The van der Waals surface area contributed by atoms with Crippen LogP contribution in [-0.2, 0) is 9.53 Å². The van der Waals surface area contributed by atoms with E-state index in [2.05, 4.69) is 5.10 Å². The number of hydrogen-bond donors (Lipinski definition) is 0. The van der Waals surface area contributed by atoms with Crippen molar-refractivity contribution in [3.8, 4) is 5.69 Å². The van der Waals surface area contributed by atoms with E-state index in [1.807, 2.05) is 39.8 Å². The number of carbonyl (C=O) groups excluding carboxylic acids is 1. The lowest BCUT2D eigenvalue weighted by atomic mass is 10.1. The van der Waals surface area contributed by atoms with Crippen molar-refractivity contribution in [3.05, 3.63) is 47.2 Å². The van der Waals surface area contributed by atoms with Gasteiger partial charge in [0.05, 0.1) is 24.9 Å². The van der Waals surface area contributed by atoms with E-state index in [4.69, 9.17) is 16.3 Å².